The number of aryl methyl sites for hydroxylation is 1. The van der Waals surface area contributed by atoms with Gasteiger partial charge in [0, 0.05) is 5.56 Å². The molecule has 0 aliphatic heterocycles. The first kappa shape index (κ1) is 20.7. The van der Waals surface area contributed by atoms with Crippen molar-refractivity contribution in [3.8, 4) is 23.6 Å². The highest BCUT2D eigenvalue weighted by molar-refractivity contribution is 5.90. The molecule has 0 fully saturated rings. The third-order valence-electron chi connectivity index (χ3n) is 5.03. The summed E-state index contributed by atoms with van der Waals surface area (Å²) in [7, 11) is 1.56. The van der Waals surface area contributed by atoms with Crippen LogP contribution in [0, 0.1) is 29.6 Å². The minimum absolute atomic E-state index is 0.247. The van der Waals surface area contributed by atoms with Crippen LogP contribution in [-0.4, -0.2) is 17.1 Å². The first-order valence-electron chi connectivity index (χ1n) is 9.98. The number of aromatic amines is 1. The van der Waals surface area contributed by atoms with Gasteiger partial charge >= 0.3 is 0 Å². The highest BCUT2D eigenvalue weighted by Gasteiger charge is 2.11. The molecule has 6 nitrogen and oxygen atoms in total. The van der Waals surface area contributed by atoms with Gasteiger partial charge in [-0.15, -0.1) is 0 Å². The monoisotopic (exact) mass is 420 g/mol. The van der Waals surface area contributed by atoms with E-state index in [1.165, 1.54) is 0 Å². The minimum atomic E-state index is 0.247. The van der Waals surface area contributed by atoms with Crippen LogP contribution >= 0.6 is 0 Å². The summed E-state index contributed by atoms with van der Waals surface area (Å²) >= 11 is 0. The predicted molar refractivity (Wildman–Crippen MR) is 123 cm³/mol. The van der Waals surface area contributed by atoms with Gasteiger partial charge in [-0.2, -0.15) is 10.5 Å². The number of rotatable bonds is 6. The second-order valence-corrected chi connectivity index (χ2v) is 7.24. The molecule has 0 aliphatic carbocycles. The molecule has 0 saturated carbocycles. The van der Waals surface area contributed by atoms with Gasteiger partial charge < -0.3 is 14.5 Å². The fourth-order valence-electron chi connectivity index (χ4n) is 3.38. The number of fused-ring (bicyclic) bond motifs is 1. The molecule has 1 N–H and O–H groups in total. The van der Waals surface area contributed by atoms with Crippen LogP contribution in [0.1, 0.15) is 28.1 Å². The molecule has 156 valence electrons. The first-order valence-corrected chi connectivity index (χ1v) is 9.98. The Hall–Kier alpha value is -4.55. The van der Waals surface area contributed by atoms with E-state index < -0.39 is 0 Å². The summed E-state index contributed by atoms with van der Waals surface area (Å²) < 4.78 is 11.4. The number of nitrogens with one attached hydrogen (secondary N) is 1. The summed E-state index contributed by atoms with van der Waals surface area (Å²) in [6.07, 6.45) is 1.75. The first-order chi connectivity index (χ1) is 15.6. The number of hydrogen-bond donors (Lipinski definition) is 1. The van der Waals surface area contributed by atoms with Gasteiger partial charge in [-0.25, -0.2) is 4.98 Å². The predicted octanol–water partition coefficient (Wildman–Crippen LogP) is 5.39. The molecule has 4 aromatic rings. The van der Waals surface area contributed by atoms with Crippen LogP contribution in [-0.2, 0) is 6.61 Å². The van der Waals surface area contributed by atoms with Gasteiger partial charge in [0.15, 0.2) is 11.5 Å². The van der Waals surface area contributed by atoms with Crippen molar-refractivity contribution < 1.29 is 9.47 Å². The maximum atomic E-state index is 9.70. The fourth-order valence-corrected chi connectivity index (χ4v) is 3.38. The van der Waals surface area contributed by atoms with Crippen molar-refractivity contribution >= 4 is 22.7 Å². The average molecular weight is 420 g/mol. The fraction of sp³-hybridized carbons (Fsp3) is 0.115. The number of allylic oxidation sites excluding steroid dienone is 1. The van der Waals surface area contributed by atoms with E-state index >= 15 is 0 Å². The van der Waals surface area contributed by atoms with Gasteiger partial charge in [0.2, 0.25) is 0 Å². The maximum absolute atomic E-state index is 9.70. The Morgan fingerprint density at radius 1 is 1.06 bits per heavy atom. The van der Waals surface area contributed by atoms with Crippen molar-refractivity contribution in [1.29, 1.82) is 10.5 Å². The number of aromatic nitrogens is 2. The average Bonchev–Trinajstić information content (AvgIpc) is 3.24. The molecule has 0 bridgehead atoms. The number of H-pyrrole nitrogens is 1. The molecule has 0 unspecified atom stereocenters. The lowest BCUT2D eigenvalue weighted by atomic mass is 10.1. The zero-order valence-corrected chi connectivity index (χ0v) is 17.7. The smallest absolute Gasteiger partial charge is 0.161 e. The topological polar surface area (TPSA) is 94.7 Å². The lowest BCUT2D eigenvalue weighted by Crippen LogP contribution is -2.00. The van der Waals surface area contributed by atoms with E-state index in [9.17, 15) is 10.5 Å². The molecule has 0 amide bonds. The quantitative estimate of drug-likeness (QED) is 0.422. The summed E-state index contributed by atoms with van der Waals surface area (Å²) in [5.74, 6) is 1.60. The molecule has 32 heavy (non-hydrogen) atoms. The van der Waals surface area contributed by atoms with Crippen molar-refractivity contribution in [2.45, 2.75) is 13.5 Å². The summed E-state index contributed by atoms with van der Waals surface area (Å²) in [5, 5.41) is 18.9. The lowest BCUT2D eigenvalue weighted by Gasteiger charge is -2.12. The number of hydrogen-bond acceptors (Lipinski definition) is 5. The molecule has 0 spiro atoms. The van der Waals surface area contributed by atoms with Gasteiger partial charge in [0.05, 0.1) is 35.3 Å². The summed E-state index contributed by atoms with van der Waals surface area (Å²) in [5.41, 5.74) is 5.38. The van der Waals surface area contributed by atoms with Gasteiger partial charge in [-0.3, -0.25) is 0 Å². The number of benzene rings is 3. The second kappa shape index (κ2) is 9.07. The molecule has 0 atom stereocenters. The van der Waals surface area contributed by atoms with E-state index in [4.69, 9.17) is 9.47 Å². The number of imidazole rings is 1. The van der Waals surface area contributed by atoms with Crippen LogP contribution in [0.2, 0.25) is 0 Å². The minimum Gasteiger partial charge on any atom is -0.493 e. The van der Waals surface area contributed by atoms with Gasteiger partial charge in [-0.05, 0) is 54.5 Å². The lowest BCUT2D eigenvalue weighted by molar-refractivity contribution is 0.284. The molecule has 1 aromatic heterocycles. The molecule has 0 aliphatic rings. The van der Waals surface area contributed by atoms with Crippen molar-refractivity contribution in [3.63, 3.8) is 0 Å². The van der Waals surface area contributed by atoms with E-state index in [0.29, 0.717) is 28.5 Å². The normalized spacial score (nSPS) is 11.1. The standard InChI is InChI=1S/C26H20N4O2/c1-17-7-9-22-23(11-17)30-26(29-22)21(15-28)12-18-8-10-24(25(13-18)31-2)32-16-20-6-4-3-5-19(20)14-27/h3-13H,16H2,1-2H3,(H,29,30)/b21-12-. The number of methoxy groups -OCH3 is 1. The van der Waals surface area contributed by atoms with Gasteiger partial charge in [0.1, 0.15) is 18.5 Å². The molecule has 4 rings (SSSR count). The third-order valence-corrected chi connectivity index (χ3v) is 5.03. The highest BCUT2D eigenvalue weighted by atomic mass is 16.5. The molecular weight excluding hydrogens is 400 g/mol. The Morgan fingerprint density at radius 3 is 2.69 bits per heavy atom. The SMILES string of the molecule is COc1cc(/C=C(/C#N)c2nc3ccc(C)cc3[nH]2)ccc1OCc1ccccc1C#N. The maximum Gasteiger partial charge on any atom is 0.161 e. The summed E-state index contributed by atoms with van der Waals surface area (Å²) in [6.45, 7) is 2.26. The Bertz CT molecular complexity index is 1400. The third kappa shape index (κ3) is 4.30. The van der Waals surface area contributed by atoms with E-state index in [-0.39, 0.29) is 6.61 Å². The number of nitrogens with zero attached hydrogens (tertiary/aromatic N) is 3. The van der Waals surface area contributed by atoms with Crippen molar-refractivity contribution in [2.75, 3.05) is 7.11 Å². The molecule has 3 aromatic carbocycles. The van der Waals surface area contributed by atoms with E-state index in [2.05, 4.69) is 22.1 Å². The Kier molecular flexibility index (Phi) is 5.87. The molecule has 6 heteroatoms. The van der Waals surface area contributed by atoms with Crippen LogP contribution in [0.3, 0.4) is 0 Å². The van der Waals surface area contributed by atoms with Gasteiger partial charge in [-0.1, -0.05) is 30.3 Å². The van der Waals surface area contributed by atoms with Gasteiger partial charge in [0.25, 0.3) is 0 Å². The molecular formula is C26H20N4O2. The van der Waals surface area contributed by atoms with Crippen LogP contribution in [0.4, 0.5) is 0 Å². The molecule has 1 heterocycles. The van der Waals surface area contributed by atoms with Crippen LogP contribution in [0.25, 0.3) is 22.7 Å². The van der Waals surface area contributed by atoms with E-state index in [1.807, 2.05) is 49.4 Å². The zero-order chi connectivity index (χ0) is 22.5. The largest absolute Gasteiger partial charge is 0.493 e. The van der Waals surface area contributed by atoms with Crippen molar-refractivity contribution in [3.05, 3.63) is 88.7 Å². The molecule has 0 saturated heterocycles. The van der Waals surface area contributed by atoms with Crippen molar-refractivity contribution in [2.24, 2.45) is 0 Å². The Balaban J connectivity index is 1.60. The van der Waals surface area contributed by atoms with Crippen molar-refractivity contribution in [1.82, 2.24) is 9.97 Å². The Morgan fingerprint density at radius 2 is 1.91 bits per heavy atom. The number of ether oxygens (including phenoxy) is 2. The molecule has 0 radical (unpaired) electrons. The van der Waals surface area contributed by atoms with Crippen LogP contribution in [0.5, 0.6) is 11.5 Å². The van der Waals surface area contributed by atoms with E-state index in [1.54, 1.807) is 31.4 Å². The van der Waals surface area contributed by atoms with E-state index in [0.717, 1.165) is 27.7 Å². The summed E-state index contributed by atoms with van der Waals surface area (Å²) in [6, 6.07) is 23.0. The second-order valence-electron chi connectivity index (χ2n) is 7.24. The number of nitriles is 2. The van der Waals surface area contributed by atoms with Crippen LogP contribution in [0.15, 0.2) is 60.7 Å². The highest BCUT2D eigenvalue weighted by Crippen LogP contribution is 2.31. The zero-order valence-electron chi connectivity index (χ0n) is 17.7. The van der Waals surface area contributed by atoms with Crippen LogP contribution < -0.4 is 9.47 Å². The Labute approximate surface area is 186 Å². The summed E-state index contributed by atoms with van der Waals surface area (Å²) in [4.78, 5) is 7.74.